The SMILES string of the molecule is CCCCCCCCCCCC=CC1NCCS1. The van der Waals surface area contributed by atoms with Gasteiger partial charge in [0.05, 0.1) is 5.37 Å². The Morgan fingerprint density at radius 2 is 1.67 bits per heavy atom. The Bertz CT molecular complexity index is 197. The van der Waals surface area contributed by atoms with E-state index in [-0.39, 0.29) is 0 Å². The van der Waals surface area contributed by atoms with Gasteiger partial charge in [0.25, 0.3) is 0 Å². The summed E-state index contributed by atoms with van der Waals surface area (Å²) < 4.78 is 0. The minimum Gasteiger partial charge on any atom is -0.301 e. The Morgan fingerprint density at radius 3 is 2.28 bits per heavy atom. The largest absolute Gasteiger partial charge is 0.301 e. The van der Waals surface area contributed by atoms with E-state index in [1.165, 1.54) is 76.5 Å². The first kappa shape index (κ1) is 16.1. The van der Waals surface area contributed by atoms with Crippen LogP contribution in [-0.2, 0) is 0 Å². The van der Waals surface area contributed by atoms with Crippen LogP contribution in [0.3, 0.4) is 0 Å². The molecule has 106 valence electrons. The van der Waals surface area contributed by atoms with Gasteiger partial charge in [-0.15, -0.1) is 11.8 Å². The van der Waals surface area contributed by atoms with Crippen molar-refractivity contribution >= 4 is 11.8 Å². The number of hydrogen-bond acceptors (Lipinski definition) is 2. The lowest BCUT2D eigenvalue weighted by Crippen LogP contribution is -2.16. The summed E-state index contributed by atoms with van der Waals surface area (Å²) in [6.45, 7) is 3.46. The third-order valence-electron chi connectivity index (χ3n) is 3.53. The zero-order chi connectivity index (χ0) is 12.9. The molecule has 0 saturated carbocycles. The van der Waals surface area contributed by atoms with Gasteiger partial charge in [0.15, 0.2) is 0 Å². The summed E-state index contributed by atoms with van der Waals surface area (Å²) >= 11 is 2.03. The van der Waals surface area contributed by atoms with E-state index in [9.17, 15) is 0 Å². The molecule has 0 aromatic carbocycles. The molecule has 1 aliphatic heterocycles. The van der Waals surface area contributed by atoms with E-state index in [1.807, 2.05) is 11.8 Å². The Morgan fingerprint density at radius 1 is 1.00 bits per heavy atom. The number of thioether (sulfide) groups is 1. The van der Waals surface area contributed by atoms with Crippen LogP contribution in [0.4, 0.5) is 0 Å². The number of unbranched alkanes of at least 4 members (excludes halogenated alkanes) is 9. The summed E-state index contributed by atoms with van der Waals surface area (Å²) in [7, 11) is 0. The predicted molar refractivity (Wildman–Crippen MR) is 85.2 cm³/mol. The van der Waals surface area contributed by atoms with E-state index in [1.54, 1.807) is 0 Å². The Balaban J connectivity index is 1.75. The molecule has 0 aliphatic carbocycles. The van der Waals surface area contributed by atoms with E-state index in [4.69, 9.17) is 0 Å². The van der Waals surface area contributed by atoms with E-state index in [2.05, 4.69) is 24.4 Å². The molecule has 1 nitrogen and oxygen atoms in total. The molecular weight excluding hydrogens is 238 g/mol. The highest BCUT2D eigenvalue weighted by atomic mass is 32.2. The van der Waals surface area contributed by atoms with Crippen LogP contribution in [0.25, 0.3) is 0 Å². The van der Waals surface area contributed by atoms with Crippen molar-refractivity contribution in [3.05, 3.63) is 12.2 Å². The van der Waals surface area contributed by atoms with Gasteiger partial charge in [-0.1, -0.05) is 70.4 Å². The lowest BCUT2D eigenvalue weighted by Gasteiger charge is -2.02. The maximum atomic E-state index is 3.47. The van der Waals surface area contributed by atoms with Crippen LogP contribution >= 0.6 is 11.8 Å². The summed E-state index contributed by atoms with van der Waals surface area (Å²) in [6.07, 6.45) is 18.8. The molecule has 0 aromatic rings. The van der Waals surface area contributed by atoms with Crippen LogP contribution in [0.15, 0.2) is 12.2 Å². The average molecular weight is 269 g/mol. The number of nitrogens with one attached hydrogen (secondary N) is 1. The molecule has 1 heterocycles. The Kier molecular flexibility index (Phi) is 10.8. The molecule has 0 bridgehead atoms. The lowest BCUT2D eigenvalue weighted by molar-refractivity contribution is 0.566. The Labute approximate surface area is 118 Å². The third-order valence-corrected chi connectivity index (χ3v) is 4.65. The molecule has 1 saturated heterocycles. The molecule has 1 fully saturated rings. The van der Waals surface area contributed by atoms with E-state index in [0.717, 1.165) is 0 Å². The maximum absolute atomic E-state index is 3.47. The summed E-state index contributed by atoms with van der Waals surface area (Å²) in [5, 5.41) is 4.07. The van der Waals surface area contributed by atoms with Crippen molar-refractivity contribution in [2.45, 2.75) is 76.5 Å². The van der Waals surface area contributed by atoms with E-state index >= 15 is 0 Å². The van der Waals surface area contributed by atoms with Crippen molar-refractivity contribution in [3.8, 4) is 0 Å². The summed E-state index contributed by atoms with van der Waals surface area (Å²) in [4.78, 5) is 0. The standard InChI is InChI=1S/C16H31NS/c1-2-3-4-5-6-7-8-9-10-11-12-13-16-17-14-15-18-16/h12-13,16-17H,2-11,14-15H2,1H3. The second-order valence-corrected chi connectivity index (χ2v) is 6.54. The minimum atomic E-state index is 0.601. The Hall–Kier alpha value is 0.0500. The molecule has 1 aliphatic rings. The van der Waals surface area contributed by atoms with Crippen molar-refractivity contribution in [2.75, 3.05) is 12.3 Å². The second-order valence-electron chi connectivity index (χ2n) is 5.29. The van der Waals surface area contributed by atoms with Crippen LogP contribution in [0.5, 0.6) is 0 Å². The van der Waals surface area contributed by atoms with Gasteiger partial charge >= 0.3 is 0 Å². The first-order chi connectivity index (χ1) is 8.93. The van der Waals surface area contributed by atoms with Gasteiger partial charge in [-0.2, -0.15) is 0 Å². The smallest absolute Gasteiger partial charge is 0.0719 e. The summed E-state index contributed by atoms with van der Waals surface area (Å²) in [5.41, 5.74) is 0. The summed E-state index contributed by atoms with van der Waals surface area (Å²) in [6, 6.07) is 0. The highest BCUT2D eigenvalue weighted by Gasteiger charge is 2.09. The third kappa shape index (κ3) is 9.04. The van der Waals surface area contributed by atoms with Gasteiger partial charge in [-0.05, 0) is 12.8 Å². The van der Waals surface area contributed by atoms with Crippen molar-refractivity contribution in [3.63, 3.8) is 0 Å². The molecular formula is C16H31NS. The molecule has 2 heteroatoms. The minimum absolute atomic E-state index is 0.601. The lowest BCUT2D eigenvalue weighted by atomic mass is 10.1. The number of rotatable bonds is 11. The first-order valence-corrected chi connectivity index (χ1v) is 9.00. The van der Waals surface area contributed by atoms with Crippen molar-refractivity contribution in [1.29, 1.82) is 0 Å². The van der Waals surface area contributed by atoms with Crippen LogP contribution in [0.2, 0.25) is 0 Å². The molecule has 1 rings (SSSR count). The molecule has 0 aromatic heterocycles. The number of allylic oxidation sites excluding steroid dienone is 1. The highest BCUT2D eigenvalue weighted by molar-refractivity contribution is 8.00. The van der Waals surface area contributed by atoms with E-state index in [0.29, 0.717) is 5.37 Å². The molecule has 1 atom stereocenters. The van der Waals surface area contributed by atoms with Gasteiger partial charge in [0.2, 0.25) is 0 Å². The van der Waals surface area contributed by atoms with Crippen LogP contribution < -0.4 is 5.32 Å². The van der Waals surface area contributed by atoms with Crippen LogP contribution in [0, 0.1) is 0 Å². The van der Waals surface area contributed by atoms with Crippen molar-refractivity contribution in [1.82, 2.24) is 5.32 Å². The van der Waals surface area contributed by atoms with Crippen molar-refractivity contribution < 1.29 is 0 Å². The average Bonchev–Trinajstić information content (AvgIpc) is 2.89. The molecule has 0 spiro atoms. The fourth-order valence-corrected chi connectivity index (χ4v) is 3.31. The van der Waals surface area contributed by atoms with Gasteiger partial charge in [0.1, 0.15) is 0 Å². The summed E-state index contributed by atoms with van der Waals surface area (Å²) in [5.74, 6) is 1.27. The monoisotopic (exact) mass is 269 g/mol. The van der Waals surface area contributed by atoms with Gasteiger partial charge in [0, 0.05) is 12.3 Å². The first-order valence-electron chi connectivity index (χ1n) is 7.95. The zero-order valence-corrected chi connectivity index (χ0v) is 12.9. The van der Waals surface area contributed by atoms with Gasteiger partial charge < -0.3 is 5.32 Å². The predicted octanol–water partition coefficient (Wildman–Crippen LogP) is 5.13. The fourth-order valence-electron chi connectivity index (χ4n) is 2.36. The number of hydrogen-bond donors (Lipinski definition) is 1. The van der Waals surface area contributed by atoms with Crippen LogP contribution in [0.1, 0.15) is 71.1 Å². The molecule has 1 unspecified atom stereocenters. The maximum Gasteiger partial charge on any atom is 0.0719 e. The van der Waals surface area contributed by atoms with Crippen molar-refractivity contribution in [2.24, 2.45) is 0 Å². The normalized spacial score (nSPS) is 19.9. The zero-order valence-electron chi connectivity index (χ0n) is 12.1. The fraction of sp³-hybridized carbons (Fsp3) is 0.875. The van der Waals surface area contributed by atoms with Crippen LogP contribution in [-0.4, -0.2) is 17.7 Å². The highest BCUT2D eigenvalue weighted by Crippen LogP contribution is 2.15. The van der Waals surface area contributed by atoms with E-state index < -0.39 is 0 Å². The van der Waals surface area contributed by atoms with Gasteiger partial charge in [-0.3, -0.25) is 0 Å². The quantitative estimate of drug-likeness (QED) is 0.412. The molecule has 18 heavy (non-hydrogen) atoms. The topological polar surface area (TPSA) is 12.0 Å². The van der Waals surface area contributed by atoms with Gasteiger partial charge in [-0.25, -0.2) is 0 Å². The molecule has 0 amide bonds. The molecule has 0 radical (unpaired) electrons. The molecule has 1 N–H and O–H groups in total. The second kappa shape index (κ2) is 12.1.